The van der Waals surface area contributed by atoms with Crippen LogP contribution in [0.4, 0.5) is 0 Å². The van der Waals surface area contributed by atoms with Gasteiger partial charge in [-0.25, -0.2) is 0 Å². The van der Waals surface area contributed by atoms with Crippen molar-refractivity contribution < 1.29 is 14.1 Å². The van der Waals surface area contributed by atoms with Gasteiger partial charge in [0.15, 0.2) is 0 Å². The molecule has 1 saturated heterocycles. The molecule has 28 heavy (non-hydrogen) atoms. The third-order valence-electron chi connectivity index (χ3n) is 6.45. The second kappa shape index (κ2) is 6.72. The van der Waals surface area contributed by atoms with Crippen molar-refractivity contribution >= 4 is 11.8 Å². The van der Waals surface area contributed by atoms with Crippen LogP contribution in [0.15, 0.2) is 28.8 Å². The molecule has 146 valence electrons. The average Bonchev–Trinajstić information content (AvgIpc) is 3.29. The van der Waals surface area contributed by atoms with Gasteiger partial charge in [-0.2, -0.15) is 4.98 Å². The van der Waals surface area contributed by atoms with Gasteiger partial charge < -0.3 is 14.7 Å². The van der Waals surface area contributed by atoms with Gasteiger partial charge in [0.25, 0.3) is 5.91 Å². The molecule has 2 aromatic rings. The van der Waals surface area contributed by atoms with Crippen molar-refractivity contribution in [3.8, 4) is 11.4 Å². The molecule has 1 aromatic carbocycles. The van der Waals surface area contributed by atoms with E-state index < -0.39 is 0 Å². The largest absolute Gasteiger partial charge is 0.356 e. The number of rotatable bonds is 4. The minimum absolute atomic E-state index is 0.0151. The molecule has 5 rings (SSSR count). The Morgan fingerprint density at radius 3 is 2.68 bits per heavy atom. The summed E-state index contributed by atoms with van der Waals surface area (Å²) in [7, 11) is 1.87. The summed E-state index contributed by atoms with van der Waals surface area (Å²) in [6.07, 6.45) is 4.69. The number of amides is 2. The number of benzene rings is 1. The molecule has 7 heteroatoms. The second-order valence-corrected chi connectivity index (χ2v) is 8.38. The smallest absolute Gasteiger partial charge is 0.253 e. The maximum atomic E-state index is 12.9. The summed E-state index contributed by atoms with van der Waals surface area (Å²) in [4.78, 5) is 30.9. The SMILES string of the molecule is CN(C(=O)c1ccc(-c2noc(C3CC3)n2)cc1)[C@H]1C[C@H]2CNC(=O)C[C@H]2C1. The number of hydrogen-bond donors (Lipinski definition) is 1. The Labute approximate surface area is 163 Å². The molecule has 7 nitrogen and oxygen atoms in total. The van der Waals surface area contributed by atoms with Crippen LogP contribution in [0.2, 0.25) is 0 Å². The first-order chi connectivity index (χ1) is 13.6. The molecule has 2 aliphatic carbocycles. The van der Waals surface area contributed by atoms with Gasteiger partial charge in [0.1, 0.15) is 0 Å². The van der Waals surface area contributed by atoms with Gasteiger partial charge in [0.05, 0.1) is 0 Å². The number of piperidine rings is 1. The van der Waals surface area contributed by atoms with Crippen LogP contribution in [0.5, 0.6) is 0 Å². The highest BCUT2D eigenvalue weighted by molar-refractivity contribution is 5.94. The van der Waals surface area contributed by atoms with Crippen LogP contribution in [0.25, 0.3) is 11.4 Å². The first-order valence-corrected chi connectivity index (χ1v) is 10.1. The molecule has 0 unspecified atom stereocenters. The lowest BCUT2D eigenvalue weighted by atomic mass is 9.89. The third kappa shape index (κ3) is 3.19. The van der Waals surface area contributed by atoms with Crippen molar-refractivity contribution in [1.29, 1.82) is 0 Å². The van der Waals surface area contributed by atoms with Crippen molar-refractivity contribution in [2.75, 3.05) is 13.6 Å². The summed E-state index contributed by atoms with van der Waals surface area (Å²) in [5, 5.41) is 7.00. The van der Waals surface area contributed by atoms with E-state index >= 15 is 0 Å². The topological polar surface area (TPSA) is 88.3 Å². The zero-order chi connectivity index (χ0) is 19.3. The molecule has 2 amide bonds. The summed E-state index contributed by atoms with van der Waals surface area (Å²) in [5.74, 6) is 2.75. The van der Waals surface area contributed by atoms with Gasteiger partial charge >= 0.3 is 0 Å². The molecular weight excluding hydrogens is 356 g/mol. The number of hydrogen-bond acceptors (Lipinski definition) is 5. The molecule has 0 radical (unpaired) electrons. The number of nitrogens with zero attached hydrogens (tertiary/aromatic N) is 3. The second-order valence-electron chi connectivity index (χ2n) is 8.38. The van der Waals surface area contributed by atoms with E-state index in [1.807, 2.05) is 36.2 Å². The normalized spacial score (nSPS) is 26.6. The van der Waals surface area contributed by atoms with E-state index in [2.05, 4.69) is 15.5 Å². The van der Waals surface area contributed by atoms with E-state index in [1.165, 1.54) is 0 Å². The monoisotopic (exact) mass is 380 g/mol. The van der Waals surface area contributed by atoms with E-state index in [1.54, 1.807) is 0 Å². The molecule has 1 aliphatic heterocycles. The van der Waals surface area contributed by atoms with E-state index in [0.717, 1.165) is 37.8 Å². The summed E-state index contributed by atoms with van der Waals surface area (Å²) in [5.41, 5.74) is 1.51. The molecule has 3 fully saturated rings. The average molecular weight is 380 g/mol. The fourth-order valence-electron chi connectivity index (χ4n) is 4.53. The highest BCUT2D eigenvalue weighted by atomic mass is 16.5. The lowest BCUT2D eigenvalue weighted by Gasteiger charge is -2.25. The molecular formula is C21H24N4O3. The van der Waals surface area contributed by atoms with Crippen LogP contribution in [0, 0.1) is 11.8 Å². The first-order valence-electron chi connectivity index (χ1n) is 10.1. The third-order valence-corrected chi connectivity index (χ3v) is 6.45. The predicted molar refractivity (Wildman–Crippen MR) is 101 cm³/mol. The van der Waals surface area contributed by atoms with Crippen LogP contribution >= 0.6 is 0 Å². The zero-order valence-corrected chi connectivity index (χ0v) is 15.9. The quantitative estimate of drug-likeness (QED) is 0.881. The van der Waals surface area contributed by atoms with E-state index in [9.17, 15) is 9.59 Å². The number of nitrogens with one attached hydrogen (secondary N) is 1. The van der Waals surface area contributed by atoms with E-state index in [-0.39, 0.29) is 17.9 Å². The summed E-state index contributed by atoms with van der Waals surface area (Å²) in [6.45, 7) is 0.740. The molecule has 0 bridgehead atoms. The van der Waals surface area contributed by atoms with Crippen molar-refractivity contribution in [3.05, 3.63) is 35.7 Å². The Balaban J connectivity index is 1.26. The van der Waals surface area contributed by atoms with Crippen molar-refractivity contribution in [1.82, 2.24) is 20.4 Å². The van der Waals surface area contributed by atoms with Gasteiger partial charge in [-0.05, 0) is 49.7 Å². The fourth-order valence-corrected chi connectivity index (χ4v) is 4.53. The number of aromatic nitrogens is 2. The summed E-state index contributed by atoms with van der Waals surface area (Å²) in [6, 6.07) is 7.59. The number of carbonyl (C=O) groups excluding carboxylic acids is 2. The minimum Gasteiger partial charge on any atom is -0.356 e. The van der Waals surface area contributed by atoms with Gasteiger partial charge in [-0.3, -0.25) is 9.59 Å². The fraction of sp³-hybridized carbons (Fsp3) is 0.524. The first kappa shape index (κ1) is 17.4. The molecule has 3 aliphatic rings. The Hall–Kier alpha value is -2.70. The Morgan fingerprint density at radius 1 is 1.18 bits per heavy atom. The lowest BCUT2D eigenvalue weighted by Crippen LogP contribution is -2.38. The van der Waals surface area contributed by atoms with Gasteiger partial charge in [0.2, 0.25) is 17.6 Å². The lowest BCUT2D eigenvalue weighted by molar-refractivity contribution is -0.124. The van der Waals surface area contributed by atoms with E-state index in [0.29, 0.717) is 41.5 Å². The Kier molecular flexibility index (Phi) is 4.18. The van der Waals surface area contributed by atoms with Gasteiger partial charge in [-0.1, -0.05) is 17.3 Å². The molecule has 2 saturated carbocycles. The van der Waals surface area contributed by atoms with Crippen LogP contribution in [-0.2, 0) is 4.79 Å². The summed E-state index contributed by atoms with van der Waals surface area (Å²) >= 11 is 0. The highest BCUT2D eigenvalue weighted by Gasteiger charge is 2.40. The van der Waals surface area contributed by atoms with Crippen LogP contribution in [0.1, 0.15) is 54.3 Å². The minimum atomic E-state index is 0.0151. The molecule has 2 heterocycles. The number of fused-ring (bicyclic) bond motifs is 1. The van der Waals surface area contributed by atoms with Crippen molar-refractivity contribution in [2.24, 2.45) is 11.8 Å². The highest BCUT2D eigenvalue weighted by Crippen LogP contribution is 2.40. The predicted octanol–water partition coefficient (Wildman–Crippen LogP) is 2.60. The van der Waals surface area contributed by atoms with E-state index in [4.69, 9.17) is 4.52 Å². The molecule has 0 spiro atoms. The molecule has 1 N–H and O–H groups in total. The molecule has 3 atom stereocenters. The maximum absolute atomic E-state index is 12.9. The number of carbonyl (C=O) groups is 2. The molecule has 1 aromatic heterocycles. The Morgan fingerprint density at radius 2 is 1.93 bits per heavy atom. The van der Waals surface area contributed by atoms with Crippen LogP contribution in [0.3, 0.4) is 0 Å². The van der Waals surface area contributed by atoms with Crippen molar-refractivity contribution in [2.45, 2.75) is 44.1 Å². The van der Waals surface area contributed by atoms with Gasteiger partial charge in [0, 0.05) is 43.1 Å². The van der Waals surface area contributed by atoms with Crippen LogP contribution < -0.4 is 5.32 Å². The van der Waals surface area contributed by atoms with Crippen LogP contribution in [-0.4, -0.2) is 46.5 Å². The Bertz CT molecular complexity index is 903. The standard InChI is InChI=1S/C21H24N4O3/c1-25(17-8-15-10-18(26)22-11-16(15)9-17)21(27)14-6-2-12(3-7-14)19-23-20(28-24-19)13-4-5-13/h2-3,6-7,13,15-17H,4-5,8-11H2,1H3,(H,22,26)/t15-,16+,17-/m1/s1. The summed E-state index contributed by atoms with van der Waals surface area (Å²) < 4.78 is 5.32. The van der Waals surface area contributed by atoms with Crippen molar-refractivity contribution in [3.63, 3.8) is 0 Å². The van der Waals surface area contributed by atoms with Gasteiger partial charge in [-0.15, -0.1) is 0 Å². The maximum Gasteiger partial charge on any atom is 0.253 e. The zero-order valence-electron chi connectivity index (χ0n) is 15.9.